The van der Waals surface area contributed by atoms with Gasteiger partial charge in [0.2, 0.25) is 5.95 Å². The Morgan fingerprint density at radius 2 is 1.81 bits per heavy atom. The third-order valence-electron chi connectivity index (χ3n) is 6.51. The first-order valence-electron chi connectivity index (χ1n) is 10.7. The second-order valence-corrected chi connectivity index (χ2v) is 8.77. The van der Waals surface area contributed by atoms with Crippen molar-refractivity contribution >= 4 is 5.95 Å². The predicted molar refractivity (Wildman–Crippen MR) is 107 cm³/mol. The Morgan fingerprint density at radius 3 is 2.50 bits per heavy atom. The van der Waals surface area contributed by atoms with Crippen molar-refractivity contribution in [3.05, 3.63) is 17.5 Å². The topological polar surface area (TPSA) is 35.5 Å². The molecule has 3 aliphatic rings. The van der Waals surface area contributed by atoms with E-state index in [1.54, 1.807) is 0 Å². The highest BCUT2D eigenvalue weighted by atomic mass is 15.3. The van der Waals surface area contributed by atoms with E-state index in [4.69, 9.17) is 9.97 Å². The van der Waals surface area contributed by atoms with E-state index < -0.39 is 0 Å². The second kappa shape index (κ2) is 8.22. The lowest BCUT2D eigenvalue weighted by molar-refractivity contribution is 0.120. The predicted octanol–water partition coefficient (Wildman–Crippen LogP) is 2.60. The van der Waals surface area contributed by atoms with Gasteiger partial charge in [-0.15, -0.1) is 0 Å². The van der Waals surface area contributed by atoms with E-state index in [2.05, 4.69) is 34.7 Å². The number of fused-ring (bicyclic) bond motifs is 1. The third kappa shape index (κ3) is 4.20. The number of hydrogen-bond donors (Lipinski definition) is 0. The maximum absolute atomic E-state index is 5.00. The van der Waals surface area contributed by atoms with Crippen LogP contribution in [0.1, 0.15) is 50.8 Å². The molecule has 0 unspecified atom stereocenters. The van der Waals surface area contributed by atoms with Gasteiger partial charge in [0.15, 0.2) is 0 Å². The molecule has 0 atom stereocenters. The molecule has 0 amide bonds. The van der Waals surface area contributed by atoms with Crippen LogP contribution in [0.5, 0.6) is 0 Å². The molecule has 0 N–H and O–H groups in total. The Hall–Kier alpha value is -1.20. The molecule has 26 heavy (non-hydrogen) atoms. The molecule has 1 saturated heterocycles. The lowest BCUT2D eigenvalue weighted by atomic mass is 9.91. The highest BCUT2D eigenvalue weighted by molar-refractivity contribution is 5.34. The van der Waals surface area contributed by atoms with Crippen LogP contribution in [0.15, 0.2) is 6.20 Å². The molecule has 0 radical (unpaired) electrons. The Kier molecular flexibility index (Phi) is 5.75. The van der Waals surface area contributed by atoms with Gasteiger partial charge >= 0.3 is 0 Å². The Labute approximate surface area is 158 Å². The van der Waals surface area contributed by atoms with E-state index in [1.807, 2.05) is 0 Å². The van der Waals surface area contributed by atoms with Crippen LogP contribution in [0, 0.1) is 5.92 Å². The molecule has 2 fully saturated rings. The zero-order chi connectivity index (χ0) is 17.9. The van der Waals surface area contributed by atoms with Crippen molar-refractivity contribution in [1.82, 2.24) is 19.8 Å². The SMILES string of the molecule is CC(C)CCN1CCc2cnc(N3CCN(C4CCC4)CC3)nc2CC1. The van der Waals surface area contributed by atoms with Crippen LogP contribution < -0.4 is 4.90 Å². The lowest BCUT2D eigenvalue weighted by Crippen LogP contribution is -2.52. The van der Waals surface area contributed by atoms with E-state index in [9.17, 15) is 0 Å². The van der Waals surface area contributed by atoms with Crippen LogP contribution >= 0.6 is 0 Å². The van der Waals surface area contributed by atoms with Crippen molar-refractivity contribution in [2.24, 2.45) is 5.92 Å². The summed E-state index contributed by atoms with van der Waals surface area (Å²) in [6.07, 6.45) is 9.81. The van der Waals surface area contributed by atoms with Crippen LogP contribution in [-0.4, -0.2) is 71.6 Å². The molecule has 1 saturated carbocycles. The fourth-order valence-electron chi connectivity index (χ4n) is 4.37. The standard InChI is InChI=1S/C21H35N5/c1-17(2)6-9-24-10-7-18-16-22-21(23-20(18)8-11-24)26-14-12-25(13-15-26)19-4-3-5-19/h16-17,19H,3-15H2,1-2H3. The first kappa shape index (κ1) is 18.2. The summed E-state index contributed by atoms with van der Waals surface area (Å²) in [7, 11) is 0. The van der Waals surface area contributed by atoms with Crippen LogP contribution in [0.25, 0.3) is 0 Å². The largest absolute Gasteiger partial charge is 0.338 e. The van der Waals surface area contributed by atoms with E-state index in [0.29, 0.717) is 0 Å². The Balaban J connectivity index is 1.34. The zero-order valence-corrected chi connectivity index (χ0v) is 16.7. The Morgan fingerprint density at radius 1 is 1.04 bits per heavy atom. The van der Waals surface area contributed by atoms with Gasteiger partial charge in [-0.1, -0.05) is 20.3 Å². The van der Waals surface area contributed by atoms with Gasteiger partial charge in [0, 0.05) is 57.9 Å². The van der Waals surface area contributed by atoms with Gasteiger partial charge in [-0.25, -0.2) is 9.97 Å². The number of aromatic nitrogens is 2. The van der Waals surface area contributed by atoms with Crippen LogP contribution in [-0.2, 0) is 12.8 Å². The molecule has 3 heterocycles. The van der Waals surface area contributed by atoms with Gasteiger partial charge in [-0.2, -0.15) is 0 Å². The normalized spacial score (nSPS) is 23.0. The molecule has 1 aromatic rings. The minimum atomic E-state index is 0.783. The molecular formula is C21H35N5. The van der Waals surface area contributed by atoms with Gasteiger partial charge in [0.25, 0.3) is 0 Å². The summed E-state index contributed by atoms with van der Waals surface area (Å²) in [6.45, 7) is 12.7. The number of piperazine rings is 1. The molecule has 4 rings (SSSR count). The highest BCUT2D eigenvalue weighted by Crippen LogP contribution is 2.26. The molecule has 0 aromatic carbocycles. The molecule has 0 spiro atoms. The van der Waals surface area contributed by atoms with Crippen LogP contribution in [0.4, 0.5) is 5.95 Å². The fourth-order valence-corrected chi connectivity index (χ4v) is 4.37. The van der Waals surface area contributed by atoms with Crippen molar-refractivity contribution < 1.29 is 0 Å². The molecule has 0 bridgehead atoms. The number of hydrogen-bond acceptors (Lipinski definition) is 5. The fraction of sp³-hybridized carbons (Fsp3) is 0.810. The van der Waals surface area contributed by atoms with E-state index >= 15 is 0 Å². The number of rotatable bonds is 5. The van der Waals surface area contributed by atoms with Crippen LogP contribution in [0.3, 0.4) is 0 Å². The van der Waals surface area contributed by atoms with Crippen molar-refractivity contribution in [3.63, 3.8) is 0 Å². The second-order valence-electron chi connectivity index (χ2n) is 8.77. The smallest absolute Gasteiger partial charge is 0.225 e. The van der Waals surface area contributed by atoms with Gasteiger partial charge in [0.1, 0.15) is 0 Å². The minimum Gasteiger partial charge on any atom is -0.338 e. The van der Waals surface area contributed by atoms with Crippen molar-refractivity contribution in [2.75, 3.05) is 50.7 Å². The van der Waals surface area contributed by atoms with Crippen molar-refractivity contribution in [1.29, 1.82) is 0 Å². The number of anilines is 1. The van der Waals surface area contributed by atoms with Gasteiger partial charge in [-0.05, 0) is 43.7 Å². The molecule has 2 aliphatic heterocycles. The summed E-state index contributed by atoms with van der Waals surface area (Å²) < 4.78 is 0. The van der Waals surface area contributed by atoms with Gasteiger partial charge < -0.3 is 9.80 Å². The highest BCUT2D eigenvalue weighted by Gasteiger charge is 2.29. The van der Waals surface area contributed by atoms with Crippen molar-refractivity contribution in [3.8, 4) is 0 Å². The zero-order valence-electron chi connectivity index (χ0n) is 16.7. The maximum Gasteiger partial charge on any atom is 0.225 e. The lowest BCUT2D eigenvalue weighted by Gasteiger charge is -2.43. The monoisotopic (exact) mass is 357 g/mol. The summed E-state index contributed by atoms with van der Waals surface area (Å²) in [5.41, 5.74) is 2.66. The summed E-state index contributed by atoms with van der Waals surface area (Å²) in [5, 5.41) is 0. The average molecular weight is 358 g/mol. The average Bonchev–Trinajstić information content (AvgIpc) is 2.81. The molecule has 5 nitrogen and oxygen atoms in total. The summed E-state index contributed by atoms with van der Waals surface area (Å²) in [5.74, 6) is 1.75. The third-order valence-corrected chi connectivity index (χ3v) is 6.51. The summed E-state index contributed by atoms with van der Waals surface area (Å²) in [6, 6.07) is 0.863. The summed E-state index contributed by atoms with van der Waals surface area (Å²) >= 11 is 0. The molecular weight excluding hydrogens is 322 g/mol. The van der Waals surface area contributed by atoms with Gasteiger partial charge in [0.05, 0.1) is 5.69 Å². The van der Waals surface area contributed by atoms with E-state index in [-0.39, 0.29) is 0 Å². The minimum absolute atomic E-state index is 0.783. The summed E-state index contributed by atoms with van der Waals surface area (Å²) in [4.78, 5) is 17.4. The first-order valence-corrected chi connectivity index (χ1v) is 10.7. The molecule has 1 aromatic heterocycles. The quantitative estimate of drug-likeness (QED) is 0.809. The van der Waals surface area contributed by atoms with E-state index in [0.717, 1.165) is 56.9 Å². The maximum atomic E-state index is 5.00. The molecule has 1 aliphatic carbocycles. The molecule has 5 heteroatoms. The van der Waals surface area contributed by atoms with Gasteiger partial charge in [-0.3, -0.25) is 4.90 Å². The van der Waals surface area contributed by atoms with Crippen molar-refractivity contribution in [2.45, 2.75) is 58.4 Å². The molecule has 144 valence electrons. The first-order chi connectivity index (χ1) is 12.7. The number of nitrogens with zero attached hydrogens (tertiary/aromatic N) is 5. The van der Waals surface area contributed by atoms with Crippen LogP contribution in [0.2, 0.25) is 0 Å². The van der Waals surface area contributed by atoms with E-state index in [1.165, 1.54) is 56.6 Å². The Bertz CT molecular complexity index is 590.